The molecule has 0 spiro atoms. The Hall–Kier alpha value is -3.08. The van der Waals surface area contributed by atoms with E-state index >= 15 is 0 Å². The molecule has 0 radical (unpaired) electrons. The second-order valence-electron chi connectivity index (χ2n) is 6.09. The summed E-state index contributed by atoms with van der Waals surface area (Å²) in [6.07, 6.45) is 3.71. The highest BCUT2D eigenvalue weighted by atomic mass is 15.3. The highest BCUT2D eigenvalue weighted by molar-refractivity contribution is 5.80. The molecule has 3 aromatic rings. The Morgan fingerprint density at radius 2 is 1.85 bits per heavy atom. The van der Waals surface area contributed by atoms with Crippen molar-refractivity contribution in [2.75, 3.05) is 6.54 Å². The first-order valence-electron chi connectivity index (χ1n) is 8.95. The predicted molar refractivity (Wildman–Crippen MR) is 106 cm³/mol. The van der Waals surface area contributed by atoms with Gasteiger partial charge in [-0.05, 0) is 43.2 Å². The van der Waals surface area contributed by atoms with Crippen LogP contribution < -0.4 is 10.6 Å². The van der Waals surface area contributed by atoms with E-state index in [-0.39, 0.29) is 6.04 Å². The number of hydrogen-bond acceptors (Lipinski definition) is 2. The molecule has 1 atom stereocenters. The summed E-state index contributed by atoms with van der Waals surface area (Å²) < 4.78 is 1.85. The van der Waals surface area contributed by atoms with Gasteiger partial charge in [-0.15, -0.1) is 0 Å². The second kappa shape index (κ2) is 8.85. The summed E-state index contributed by atoms with van der Waals surface area (Å²) in [6.45, 7) is 5.66. The van der Waals surface area contributed by atoms with Gasteiger partial charge in [-0.2, -0.15) is 5.10 Å². The summed E-state index contributed by atoms with van der Waals surface area (Å²) in [4.78, 5) is 4.71. The Morgan fingerprint density at radius 1 is 1.08 bits per heavy atom. The molecular weight excluding hydrogens is 322 g/mol. The van der Waals surface area contributed by atoms with Gasteiger partial charge in [0.2, 0.25) is 0 Å². The van der Waals surface area contributed by atoms with Crippen LogP contribution in [0.25, 0.3) is 5.69 Å². The van der Waals surface area contributed by atoms with Crippen molar-refractivity contribution in [2.45, 2.75) is 26.4 Å². The number of aromatic nitrogens is 2. The van der Waals surface area contributed by atoms with Crippen LogP contribution in [0.4, 0.5) is 0 Å². The third-order valence-electron chi connectivity index (χ3n) is 4.12. The van der Waals surface area contributed by atoms with Gasteiger partial charge < -0.3 is 10.6 Å². The van der Waals surface area contributed by atoms with Crippen LogP contribution in [0.3, 0.4) is 0 Å². The smallest absolute Gasteiger partial charge is 0.192 e. The van der Waals surface area contributed by atoms with Gasteiger partial charge in [0.15, 0.2) is 5.96 Å². The number of benzene rings is 2. The molecule has 1 heterocycles. The summed E-state index contributed by atoms with van der Waals surface area (Å²) in [5.41, 5.74) is 3.44. The topological polar surface area (TPSA) is 54.2 Å². The van der Waals surface area contributed by atoms with Crippen LogP contribution in [0.5, 0.6) is 0 Å². The molecule has 5 nitrogen and oxygen atoms in total. The molecule has 2 aromatic carbocycles. The molecule has 0 aliphatic carbocycles. The summed E-state index contributed by atoms with van der Waals surface area (Å²) in [5.74, 6) is 0.819. The van der Waals surface area contributed by atoms with Gasteiger partial charge >= 0.3 is 0 Å². The van der Waals surface area contributed by atoms with Crippen LogP contribution in [0.15, 0.2) is 78.0 Å². The van der Waals surface area contributed by atoms with E-state index in [1.807, 2.05) is 23.0 Å². The molecule has 0 aliphatic rings. The first kappa shape index (κ1) is 17.7. The van der Waals surface area contributed by atoms with Crippen molar-refractivity contribution in [1.29, 1.82) is 0 Å². The van der Waals surface area contributed by atoms with Gasteiger partial charge in [-0.25, -0.2) is 9.67 Å². The first-order valence-corrected chi connectivity index (χ1v) is 8.95. The fourth-order valence-corrected chi connectivity index (χ4v) is 2.70. The Kier molecular flexibility index (Phi) is 6.04. The minimum Gasteiger partial charge on any atom is -0.357 e. The fourth-order valence-electron chi connectivity index (χ4n) is 2.70. The van der Waals surface area contributed by atoms with E-state index < -0.39 is 0 Å². The van der Waals surface area contributed by atoms with E-state index in [2.05, 4.69) is 78.1 Å². The van der Waals surface area contributed by atoms with E-state index in [4.69, 9.17) is 4.99 Å². The van der Waals surface area contributed by atoms with E-state index in [1.165, 1.54) is 5.56 Å². The molecule has 0 saturated heterocycles. The molecule has 0 bridgehead atoms. The van der Waals surface area contributed by atoms with Crippen LogP contribution in [0.2, 0.25) is 0 Å². The molecule has 3 rings (SSSR count). The lowest BCUT2D eigenvalue weighted by Crippen LogP contribution is -2.38. The van der Waals surface area contributed by atoms with Crippen LogP contribution in [0, 0.1) is 0 Å². The fraction of sp³-hybridized carbons (Fsp3) is 0.238. The molecule has 0 amide bonds. The molecule has 5 heteroatoms. The van der Waals surface area contributed by atoms with Crippen molar-refractivity contribution >= 4 is 5.96 Å². The van der Waals surface area contributed by atoms with E-state index in [0.717, 1.165) is 23.8 Å². The number of guanidine groups is 1. The molecule has 26 heavy (non-hydrogen) atoms. The summed E-state index contributed by atoms with van der Waals surface area (Å²) in [7, 11) is 0. The highest BCUT2D eigenvalue weighted by Gasteiger charge is 2.07. The summed E-state index contributed by atoms with van der Waals surface area (Å²) >= 11 is 0. The zero-order valence-corrected chi connectivity index (χ0v) is 15.3. The average Bonchev–Trinajstić information content (AvgIpc) is 3.22. The monoisotopic (exact) mass is 347 g/mol. The van der Waals surface area contributed by atoms with Gasteiger partial charge in [-0.3, -0.25) is 0 Å². The number of nitrogens with one attached hydrogen (secondary N) is 2. The van der Waals surface area contributed by atoms with Gasteiger partial charge in [0, 0.05) is 18.9 Å². The maximum absolute atomic E-state index is 4.71. The Balaban J connectivity index is 1.65. The summed E-state index contributed by atoms with van der Waals surface area (Å²) in [5, 5.41) is 11.0. The highest BCUT2D eigenvalue weighted by Crippen LogP contribution is 2.12. The molecule has 134 valence electrons. The third-order valence-corrected chi connectivity index (χ3v) is 4.12. The van der Waals surface area contributed by atoms with Gasteiger partial charge in [0.05, 0.1) is 18.3 Å². The largest absolute Gasteiger partial charge is 0.357 e. The van der Waals surface area contributed by atoms with Crippen LogP contribution in [-0.2, 0) is 6.54 Å². The van der Waals surface area contributed by atoms with E-state index in [1.54, 1.807) is 6.20 Å². The molecular formula is C21H25N5. The lowest BCUT2D eigenvalue weighted by atomic mass is 10.1. The van der Waals surface area contributed by atoms with Crippen molar-refractivity contribution in [3.05, 3.63) is 84.2 Å². The van der Waals surface area contributed by atoms with E-state index in [9.17, 15) is 0 Å². The van der Waals surface area contributed by atoms with Crippen LogP contribution >= 0.6 is 0 Å². The third kappa shape index (κ3) is 4.72. The molecule has 0 saturated carbocycles. The average molecular weight is 347 g/mol. The molecule has 1 aromatic heterocycles. The lowest BCUT2D eigenvalue weighted by molar-refractivity contribution is 0.686. The Morgan fingerprint density at radius 3 is 2.50 bits per heavy atom. The maximum atomic E-state index is 4.71. The van der Waals surface area contributed by atoms with Gasteiger partial charge in [0.25, 0.3) is 0 Å². The van der Waals surface area contributed by atoms with Crippen molar-refractivity contribution in [1.82, 2.24) is 20.4 Å². The van der Waals surface area contributed by atoms with Gasteiger partial charge in [-0.1, -0.05) is 42.5 Å². The van der Waals surface area contributed by atoms with Crippen molar-refractivity contribution < 1.29 is 0 Å². The SMILES string of the molecule is CCNC(=NCc1ccc(-n2cccn2)cc1)NC(C)c1ccccc1. The van der Waals surface area contributed by atoms with E-state index in [0.29, 0.717) is 6.54 Å². The standard InChI is InChI=1S/C21H25N5/c1-3-22-21(25-17(2)19-8-5-4-6-9-19)23-16-18-10-12-20(13-11-18)26-15-7-14-24-26/h4-15,17H,3,16H2,1-2H3,(H2,22,23,25). The minimum atomic E-state index is 0.191. The predicted octanol–water partition coefficient (Wildman–Crippen LogP) is 3.69. The Bertz CT molecular complexity index is 807. The normalized spacial score (nSPS) is 12.6. The van der Waals surface area contributed by atoms with Crippen molar-refractivity contribution in [2.24, 2.45) is 4.99 Å². The van der Waals surface area contributed by atoms with Crippen LogP contribution in [-0.4, -0.2) is 22.3 Å². The zero-order chi connectivity index (χ0) is 18.2. The maximum Gasteiger partial charge on any atom is 0.192 e. The molecule has 0 fully saturated rings. The van der Waals surface area contributed by atoms with Crippen molar-refractivity contribution in [3.63, 3.8) is 0 Å². The number of hydrogen-bond donors (Lipinski definition) is 2. The van der Waals surface area contributed by atoms with Crippen molar-refractivity contribution in [3.8, 4) is 5.69 Å². The van der Waals surface area contributed by atoms with Gasteiger partial charge in [0.1, 0.15) is 0 Å². The summed E-state index contributed by atoms with van der Waals surface area (Å²) in [6, 6.07) is 20.8. The Labute approximate surface area is 154 Å². The zero-order valence-electron chi connectivity index (χ0n) is 15.3. The molecule has 0 aliphatic heterocycles. The second-order valence-corrected chi connectivity index (χ2v) is 6.09. The quantitative estimate of drug-likeness (QED) is 0.528. The van der Waals surface area contributed by atoms with Crippen LogP contribution in [0.1, 0.15) is 31.0 Å². The minimum absolute atomic E-state index is 0.191. The first-order chi connectivity index (χ1) is 12.8. The number of rotatable bonds is 6. The molecule has 2 N–H and O–H groups in total. The number of nitrogens with zero attached hydrogens (tertiary/aromatic N) is 3. The molecule has 1 unspecified atom stereocenters. The number of aliphatic imine (C=N–C) groups is 1. The lowest BCUT2D eigenvalue weighted by Gasteiger charge is -2.18.